The lowest BCUT2D eigenvalue weighted by atomic mass is 10.2. The van der Waals surface area contributed by atoms with Gasteiger partial charge in [-0.15, -0.1) is 30.9 Å². The fourth-order valence-corrected chi connectivity index (χ4v) is 3.58. The molecule has 0 fully saturated rings. The number of methoxy groups -OCH3 is 1. The summed E-state index contributed by atoms with van der Waals surface area (Å²) in [7, 11) is 1.49. The van der Waals surface area contributed by atoms with Gasteiger partial charge in [0.15, 0.2) is 11.0 Å². The molecule has 0 atom stereocenters. The summed E-state index contributed by atoms with van der Waals surface area (Å²) >= 11 is 10.2. The third-order valence-electron chi connectivity index (χ3n) is 4.84. The van der Waals surface area contributed by atoms with Gasteiger partial charge in [0.05, 0.1) is 18.5 Å². The van der Waals surface area contributed by atoms with E-state index in [9.17, 15) is 18.0 Å². The molecule has 4 rings (SSSR count). The number of amidine groups is 1. The van der Waals surface area contributed by atoms with Crippen LogP contribution in [0.15, 0.2) is 78.0 Å². The van der Waals surface area contributed by atoms with Crippen LogP contribution in [0.5, 0.6) is 11.5 Å². The van der Waals surface area contributed by atoms with Gasteiger partial charge >= 0.3 is 12.4 Å². The fourth-order valence-electron chi connectivity index (χ4n) is 3.20. The first-order valence-corrected chi connectivity index (χ1v) is 11.5. The van der Waals surface area contributed by atoms with Crippen molar-refractivity contribution in [1.29, 1.82) is 0 Å². The van der Waals surface area contributed by atoms with E-state index in [-0.39, 0.29) is 10.9 Å². The number of rotatable bonds is 6. The number of thiol groups is 1. The molecule has 38 heavy (non-hydrogen) atoms. The highest BCUT2D eigenvalue weighted by atomic mass is 35.5. The smallest absolute Gasteiger partial charge is 0.495 e. The van der Waals surface area contributed by atoms with Crippen molar-refractivity contribution < 1.29 is 27.4 Å². The summed E-state index contributed by atoms with van der Waals surface area (Å²) in [6, 6.07) is 16.1. The molecule has 0 unspecified atom stereocenters. The van der Waals surface area contributed by atoms with Gasteiger partial charge in [-0.05, 0) is 66.7 Å². The third-order valence-corrected chi connectivity index (χ3v) is 5.28. The number of hydrogen-bond acceptors (Lipinski definition) is 5. The first-order chi connectivity index (χ1) is 18.1. The summed E-state index contributed by atoms with van der Waals surface area (Å²) in [5, 5.41) is 10.3. The van der Waals surface area contributed by atoms with Gasteiger partial charge in [-0.2, -0.15) is 4.99 Å². The number of hydrogen-bond donors (Lipinski definition) is 3. The zero-order valence-corrected chi connectivity index (χ0v) is 21.1. The molecule has 196 valence electrons. The predicted octanol–water partition coefficient (Wildman–Crippen LogP) is 6.42. The topological polar surface area (TPSA) is 103 Å². The highest BCUT2D eigenvalue weighted by Gasteiger charge is 2.31. The highest BCUT2D eigenvalue weighted by Crippen LogP contribution is 2.28. The van der Waals surface area contributed by atoms with Gasteiger partial charge in [0.2, 0.25) is 0 Å². The van der Waals surface area contributed by atoms with Gasteiger partial charge in [0.1, 0.15) is 17.8 Å². The largest absolute Gasteiger partial charge is 0.573 e. The van der Waals surface area contributed by atoms with Crippen LogP contribution in [0, 0.1) is 0 Å². The first-order valence-electron chi connectivity index (χ1n) is 10.7. The second kappa shape index (κ2) is 11.4. The summed E-state index contributed by atoms with van der Waals surface area (Å²) in [5.41, 5.74) is 2.09. The summed E-state index contributed by atoms with van der Waals surface area (Å²) in [6.45, 7) is 0. The molecule has 0 saturated carbocycles. The first kappa shape index (κ1) is 26.8. The number of aromatic nitrogens is 3. The number of carbonyl (C=O) groups excluding carboxylic acids is 1. The average Bonchev–Trinajstić information content (AvgIpc) is 3.34. The van der Waals surface area contributed by atoms with Gasteiger partial charge in [-0.1, -0.05) is 11.6 Å². The van der Waals surface area contributed by atoms with Gasteiger partial charge in [-0.3, -0.25) is 0 Å². The molecule has 0 spiro atoms. The van der Waals surface area contributed by atoms with Crippen LogP contribution in [-0.4, -0.2) is 39.4 Å². The van der Waals surface area contributed by atoms with E-state index in [1.165, 1.54) is 42.4 Å². The molecule has 2 N–H and O–H groups in total. The van der Waals surface area contributed by atoms with E-state index in [0.29, 0.717) is 39.2 Å². The van der Waals surface area contributed by atoms with Crippen molar-refractivity contribution in [3.05, 3.63) is 78.1 Å². The number of halogens is 4. The van der Waals surface area contributed by atoms with E-state index >= 15 is 0 Å². The van der Waals surface area contributed by atoms with Crippen molar-refractivity contribution in [2.45, 2.75) is 6.36 Å². The summed E-state index contributed by atoms with van der Waals surface area (Å²) < 4.78 is 47.5. The minimum absolute atomic E-state index is 0.0208. The van der Waals surface area contributed by atoms with Crippen molar-refractivity contribution in [1.82, 2.24) is 14.8 Å². The maximum absolute atomic E-state index is 12.3. The molecule has 0 aliphatic heterocycles. The molecule has 3 aromatic carbocycles. The standard InChI is InChI=1S/C24H18ClF3N6O3S/c1-36-20-11-4-15(25)12-19(20)31-23(38)32-22(35)30-16-5-2-14(3-6-16)21-29-13-34(33-21)17-7-9-18(10-8-17)37-24(26,27)28/h2-13H,1H3,(H3,30,31,32,35,38). The van der Waals surface area contributed by atoms with Crippen LogP contribution < -0.4 is 20.1 Å². The Hall–Kier alpha value is -4.23. The molecule has 0 radical (unpaired) electrons. The average molecular weight is 563 g/mol. The summed E-state index contributed by atoms with van der Waals surface area (Å²) in [5.74, 6) is 0.526. The van der Waals surface area contributed by atoms with Crippen molar-refractivity contribution in [2.24, 2.45) is 4.99 Å². The highest BCUT2D eigenvalue weighted by molar-refractivity contribution is 7.97. The number of carbonyl (C=O) groups is 1. The predicted molar refractivity (Wildman–Crippen MR) is 141 cm³/mol. The number of ether oxygens (including phenoxy) is 2. The molecule has 14 heteroatoms. The molecule has 1 aromatic heterocycles. The lowest BCUT2D eigenvalue weighted by Gasteiger charge is -2.10. The minimum atomic E-state index is -4.77. The number of benzene rings is 3. The Labute approximate surface area is 224 Å². The van der Waals surface area contributed by atoms with Gasteiger partial charge in [-0.25, -0.2) is 14.5 Å². The van der Waals surface area contributed by atoms with E-state index in [0.717, 1.165) is 0 Å². The van der Waals surface area contributed by atoms with E-state index in [2.05, 4.69) is 43.1 Å². The normalized spacial score (nSPS) is 11.7. The Morgan fingerprint density at radius 3 is 2.42 bits per heavy atom. The molecule has 1 heterocycles. The third kappa shape index (κ3) is 7.17. The second-order valence-corrected chi connectivity index (χ2v) is 8.33. The Kier molecular flexibility index (Phi) is 8.08. The van der Waals surface area contributed by atoms with Crippen molar-refractivity contribution in [2.75, 3.05) is 17.7 Å². The molecular formula is C24H18ClF3N6O3S. The van der Waals surface area contributed by atoms with Gasteiger partial charge in [0.25, 0.3) is 0 Å². The van der Waals surface area contributed by atoms with Gasteiger partial charge in [0, 0.05) is 16.3 Å². The quantitative estimate of drug-likeness (QED) is 0.142. The zero-order valence-electron chi connectivity index (χ0n) is 19.4. The number of alkyl halides is 3. The molecule has 0 aliphatic carbocycles. The zero-order chi connectivity index (χ0) is 27.3. The number of anilines is 2. The molecular weight excluding hydrogens is 545 g/mol. The van der Waals surface area contributed by atoms with Gasteiger partial charge < -0.3 is 20.1 Å². The van der Waals surface area contributed by atoms with Crippen molar-refractivity contribution in [3.63, 3.8) is 0 Å². The van der Waals surface area contributed by atoms with Crippen LogP contribution in [0.3, 0.4) is 0 Å². The number of urea groups is 1. The van der Waals surface area contributed by atoms with Crippen LogP contribution >= 0.6 is 24.2 Å². The van der Waals surface area contributed by atoms with Crippen LogP contribution in [0.1, 0.15) is 0 Å². The van der Waals surface area contributed by atoms with Crippen LogP contribution in [0.2, 0.25) is 5.02 Å². The number of nitrogens with one attached hydrogen (secondary N) is 2. The monoisotopic (exact) mass is 562 g/mol. The Balaban J connectivity index is 1.38. The Morgan fingerprint density at radius 2 is 1.76 bits per heavy atom. The second-order valence-electron chi connectivity index (χ2n) is 7.47. The fraction of sp³-hybridized carbons (Fsp3) is 0.0833. The van der Waals surface area contributed by atoms with Crippen molar-refractivity contribution in [3.8, 4) is 28.6 Å². The summed E-state index contributed by atoms with van der Waals surface area (Å²) in [6.07, 6.45) is -3.34. The number of aliphatic imine (C=N–C) groups is 1. The van der Waals surface area contributed by atoms with Crippen LogP contribution in [0.4, 0.5) is 29.3 Å². The molecule has 4 aromatic rings. The van der Waals surface area contributed by atoms with Crippen LogP contribution in [-0.2, 0) is 0 Å². The lowest BCUT2D eigenvalue weighted by Crippen LogP contribution is -2.17. The molecule has 0 saturated heterocycles. The summed E-state index contributed by atoms with van der Waals surface area (Å²) in [4.78, 5) is 20.4. The SMILES string of the molecule is COc1ccc(Cl)cc1N/C(S)=N/C(=O)Nc1ccc(-c2ncn(-c3ccc(OC(F)(F)F)cc3)n2)cc1. The molecule has 0 bridgehead atoms. The molecule has 9 nitrogen and oxygen atoms in total. The van der Waals surface area contributed by atoms with Crippen molar-refractivity contribution >= 4 is 46.8 Å². The van der Waals surface area contributed by atoms with E-state index in [4.69, 9.17) is 16.3 Å². The molecule has 2 amide bonds. The maximum atomic E-state index is 12.3. The number of amides is 2. The Morgan fingerprint density at radius 1 is 1.05 bits per heavy atom. The maximum Gasteiger partial charge on any atom is 0.573 e. The lowest BCUT2D eigenvalue weighted by molar-refractivity contribution is -0.274. The molecule has 0 aliphatic rings. The van der Waals surface area contributed by atoms with E-state index < -0.39 is 12.4 Å². The van der Waals surface area contributed by atoms with E-state index in [1.54, 1.807) is 42.5 Å². The van der Waals surface area contributed by atoms with Crippen LogP contribution in [0.25, 0.3) is 17.1 Å². The Bertz CT molecular complexity index is 1460. The minimum Gasteiger partial charge on any atom is -0.495 e. The number of nitrogens with zero attached hydrogens (tertiary/aromatic N) is 4. The van der Waals surface area contributed by atoms with E-state index in [1.807, 2.05) is 0 Å².